The lowest BCUT2D eigenvalue weighted by Crippen LogP contribution is -1.59. The Labute approximate surface area is 67.9 Å². The Bertz CT molecular complexity index is 323. The van der Waals surface area contributed by atoms with Crippen LogP contribution >= 0.6 is 22.9 Å². The molecule has 0 atom stereocenters. The quantitative estimate of drug-likeness (QED) is 0.544. The van der Waals surface area contributed by atoms with Crippen LogP contribution in [0.3, 0.4) is 0 Å². The van der Waals surface area contributed by atoms with Crippen molar-refractivity contribution in [2.45, 2.75) is 0 Å². The van der Waals surface area contributed by atoms with Crippen molar-refractivity contribution in [3.05, 3.63) is 21.3 Å². The van der Waals surface area contributed by atoms with Gasteiger partial charge < -0.3 is 0 Å². The maximum absolute atomic E-state index is 8.08. The molecule has 0 aliphatic rings. The SMILES string of the molecule is N#CC#Cc1csc(Cl)c1. The zero-order chi connectivity index (χ0) is 7.40. The zero-order valence-corrected chi connectivity index (χ0v) is 6.46. The minimum absolute atomic E-state index is 0.697. The van der Waals surface area contributed by atoms with Crippen molar-refractivity contribution in [1.29, 1.82) is 5.26 Å². The van der Waals surface area contributed by atoms with Crippen LogP contribution in [0.1, 0.15) is 5.56 Å². The molecule has 0 radical (unpaired) electrons. The topological polar surface area (TPSA) is 23.8 Å². The molecule has 0 aliphatic carbocycles. The summed E-state index contributed by atoms with van der Waals surface area (Å²) in [6.07, 6.45) is 0. The number of nitriles is 1. The molecule has 0 spiro atoms. The number of rotatable bonds is 0. The summed E-state index contributed by atoms with van der Waals surface area (Å²) in [6, 6.07) is 3.46. The lowest BCUT2D eigenvalue weighted by molar-refractivity contribution is 1.55. The van der Waals surface area contributed by atoms with Gasteiger partial charge in [-0.2, -0.15) is 5.26 Å². The maximum atomic E-state index is 8.08. The van der Waals surface area contributed by atoms with Crippen LogP contribution in [0.4, 0.5) is 0 Å². The number of halogens is 1. The van der Waals surface area contributed by atoms with E-state index in [-0.39, 0.29) is 0 Å². The van der Waals surface area contributed by atoms with Crippen LogP contribution in [0, 0.1) is 23.2 Å². The fourth-order valence-corrected chi connectivity index (χ4v) is 1.29. The van der Waals surface area contributed by atoms with Crippen LogP contribution < -0.4 is 0 Å². The van der Waals surface area contributed by atoms with Crippen LogP contribution in [-0.4, -0.2) is 0 Å². The van der Waals surface area contributed by atoms with Gasteiger partial charge in [-0.15, -0.1) is 11.3 Å². The molecular formula is C7H2ClNS. The Kier molecular flexibility index (Phi) is 2.34. The van der Waals surface area contributed by atoms with Crippen molar-refractivity contribution < 1.29 is 0 Å². The third kappa shape index (κ3) is 1.77. The van der Waals surface area contributed by atoms with E-state index in [9.17, 15) is 0 Å². The molecule has 1 aromatic heterocycles. The minimum atomic E-state index is 0.697. The number of nitrogens with zero attached hydrogens (tertiary/aromatic N) is 1. The van der Waals surface area contributed by atoms with E-state index in [1.165, 1.54) is 11.3 Å². The summed E-state index contributed by atoms with van der Waals surface area (Å²) in [4.78, 5) is 0. The van der Waals surface area contributed by atoms with Crippen molar-refractivity contribution >= 4 is 22.9 Å². The summed E-state index contributed by atoms with van der Waals surface area (Å²) in [7, 11) is 0. The lowest BCUT2D eigenvalue weighted by atomic mass is 10.3. The summed E-state index contributed by atoms with van der Waals surface area (Å²) in [5.74, 6) is 4.91. The second-order valence-corrected chi connectivity index (χ2v) is 3.04. The first-order valence-corrected chi connectivity index (χ1v) is 3.73. The highest BCUT2D eigenvalue weighted by Gasteiger charge is 1.90. The highest BCUT2D eigenvalue weighted by atomic mass is 35.5. The summed E-state index contributed by atoms with van der Waals surface area (Å²) < 4.78 is 0.697. The van der Waals surface area contributed by atoms with E-state index in [0.29, 0.717) is 4.34 Å². The van der Waals surface area contributed by atoms with Crippen LogP contribution in [0.5, 0.6) is 0 Å². The van der Waals surface area contributed by atoms with Crippen molar-refractivity contribution in [3.8, 4) is 17.9 Å². The van der Waals surface area contributed by atoms with E-state index in [1.54, 1.807) is 12.1 Å². The van der Waals surface area contributed by atoms with Crippen LogP contribution in [0.25, 0.3) is 0 Å². The molecule has 1 aromatic rings. The van der Waals surface area contributed by atoms with Gasteiger partial charge in [-0.05, 0) is 12.0 Å². The van der Waals surface area contributed by atoms with Gasteiger partial charge in [-0.1, -0.05) is 11.6 Å². The van der Waals surface area contributed by atoms with Gasteiger partial charge in [-0.25, -0.2) is 0 Å². The van der Waals surface area contributed by atoms with Crippen LogP contribution in [0.15, 0.2) is 11.4 Å². The molecule has 10 heavy (non-hydrogen) atoms. The molecule has 1 heterocycles. The van der Waals surface area contributed by atoms with Crippen molar-refractivity contribution in [3.63, 3.8) is 0 Å². The normalized spacial score (nSPS) is 7.60. The molecule has 1 nitrogen and oxygen atoms in total. The Morgan fingerprint density at radius 2 is 2.40 bits per heavy atom. The maximum Gasteiger partial charge on any atom is 0.152 e. The van der Waals surface area contributed by atoms with Gasteiger partial charge in [0, 0.05) is 16.9 Å². The molecule has 0 unspecified atom stereocenters. The molecule has 3 heteroatoms. The largest absolute Gasteiger partial charge is 0.183 e. The molecule has 0 aliphatic heterocycles. The van der Waals surface area contributed by atoms with E-state index in [2.05, 4.69) is 11.8 Å². The highest BCUT2D eigenvalue weighted by molar-refractivity contribution is 7.14. The average Bonchev–Trinajstić information content (AvgIpc) is 2.31. The second kappa shape index (κ2) is 3.27. The van der Waals surface area contributed by atoms with E-state index >= 15 is 0 Å². The predicted octanol–water partition coefficient (Wildman–Crippen LogP) is 2.28. The monoisotopic (exact) mass is 167 g/mol. The molecule has 0 aromatic carbocycles. The van der Waals surface area contributed by atoms with Gasteiger partial charge in [0.2, 0.25) is 0 Å². The van der Waals surface area contributed by atoms with Gasteiger partial charge in [0.1, 0.15) is 0 Å². The fourth-order valence-electron chi connectivity index (χ4n) is 0.476. The van der Waals surface area contributed by atoms with Crippen LogP contribution in [0.2, 0.25) is 4.34 Å². The summed E-state index contributed by atoms with van der Waals surface area (Å²) >= 11 is 7.02. The standard InChI is InChI=1S/C7H2ClNS/c8-7-4-6(5-10-7)2-1-3-9/h4-5H. The Morgan fingerprint density at radius 3 is 2.90 bits per heavy atom. The fraction of sp³-hybridized carbons (Fsp3) is 0. The van der Waals surface area contributed by atoms with Crippen molar-refractivity contribution in [2.75, 3.05) is 0 Å². The Morgan fingerprint density at radius 1 is 1.60 bits per heavy atom. The van der Waals surface area contributed by atoms with Crippen molar-refractivity contribution in [2.24, 2.45) is 0 Å². The lowest BCUT2D eigenvalue weighted by Gasteiger charge is -1.70. The van der Waals surface area contributed by atoms with E-state index in [0.717, 1.165) is 5.56 Å². The van der Waals surface area contributed by atoms with Gasteiger partial charge in [0.05, 0.1) is 4.34 Å². The Hall–Kier alpha value is -0.960. The molecule has 0 N–H and O–H groups in total. The summed E-state index contributed by atoms with van der Waals surface area (Å²) in [5.41, 5.74) is 0.802. The highest BCUT2D eigenvalue weighted by Crippen LogP contribution is 2.18. The molecule has 0 saturated heterocycles. The first-order valence-electron chi connectivity index (χ1n) is 2.47. The Balaban J connectivity index is 2.89. The first kappa shape index (κ1) is 7.15. The number of hydrogen-bond donors (Lipinski definition) is 0. The molecule has 1 rings (SSSR count). The smallest absolute Gasteiger partial charge is 0.152 e. The number of hydrogen-bond acceptors (Lipinski definition) is 2. The summed E-state index contributed by atoms with van der Waals surface area (Å²) in [5, 5.41) is 9.89. The minimum Gasteiger partial charge on any atom is -0.183 e. The average molecular weight is 168 g/mol. The van der Waals surface area contributed by atoms with Gasteiger partial charge >= 0.3 is 0 Å². The third-order valence-electron chi connectivity index (χ3n) is 0.830. The molecule has 0 bridgehead atoms. The predicted molar refractivity (Wildman–Crippen MR) is 41.8 cm³/mol. The second-order valence-electron chi connectivity index (χ2n) is 1.50. The van der Waals surface area contributed by atoms with Gasteiger partial charge in [0.25, 0.3) is 0 Å². The summed E-state index contributed by atoms with van der Waals surface area (Å²) in [6.45, 7) is 0. The third-order valence-corrected chi connectivity index (χ3v) is 1.92. The van der Waals surface area contributed by atoms with Crippen LogP contribution in [-0.2, 0) is 0 Å². The molecule has 0 fully saturated rings. The molecular weight excluding hydrogens is 166 g/mol. The number of thiophene rings is 1. The molecule has 0 saturated carbocycles. The van der Waals surface area contributed by atoms with E-state index in [1.807, 2.05) is 5.38 Å². The first-order chi connectivity index (χ1) is 4.83. The van der Waals surface area contributed by atoms with E-state index < -0.39 is 0 Å². The molecule has 48 valence electrons. The van der Waals surface area contributed by atoms with Gasteiger partial charge in [0.15, 0.2) is 6.07 Å². The molecule has 0 amide bonds. The van der Waals surface area contributed by atoms with E-state index in [4.69, 9.17) is 16.9 Å². The van der Waals surface area contributed by atoms with Gasteiger partial charge in [-0.3, -0.25) is 0 Å². The zero-order valence-electron chi connectivity index (χ0n) is 4.89. The van der Waals surface area contributed by atoms with Crippen molar-refractivity contribution in [1.82, 2.24) is 0 Å².